The molecule has 5 heteroatoms. The Morgan fingerprint density at radius 1 is 1.29 bits per heavy atom. The van der Waals surface area contributed by atoms with Gasteiger partial charge in [-0.25, -0.2) is 0 Å². The monoisotopic (exact) mass is 212 g/mol. The van der Waals surface area contributed by atoms with E-state index < -0.39 is 0 Å². The fourth-order valence-corrected chi connectivity index (χ4v) is 2.58. The van der Waals surface area contributed by atoms with Gasteiger partial charge in [0.2, 0.25) is 5.13 Å². The van der Waals surface area contributed by atoms with Gasteiger partial charge in [-0.3, -0.25) is 0 Å². The largest absolute Gasteiger partial charge is 0.353 e. The zero-order valence-corrected chi connectivity index (χ0v) is 9.47. The second-order valence-electron chi connectivity index (χ2n) is 3.84. The summed E-state index contributed by atoms with van der Waals surface area (Å²) < 4.78 is 0. The van der Waals surface area contributed by atoms with Crippen molar-refractivity contribution in [1.29, 1.82) is 0 Å². The van der Waals surface area contributed by atoms with Crippen molar-refractivity contribution in [2.45, 2.75) is 18.8 Å². The maximum Gasteiger partial charge on any atom is 0.207 e. The average Bonchev–Trinajstić information content (AvgIpc) is 2.68. The molecule has 4 nitrogen and oxygen atoms in total. The molecule has 14 heavy (non-hydrogen) atoms. The summed E-state index contributed by atoms with van der Waals surface area (Å²) >= 11 is 1.72. The quantitative estimate of drug-likeness (QED) is 0.796. The van der Waals surface area contributed by atoms with Crippen LogP contribution in [0.5, 0.6) is 0 Å². The molecule has 1 fully saturated rings. The van der Waals surface area contributed by atoms with E-state index in [1.807, 2.05) is 19.0 Å². The van der Waals surface area contributed by atoms with Crippen LogP contribution in [0.4, 0.5) is 5.13 Å². The lowest BCUT2D eigenvalue weighted by Gasteiger charge is -2.19. The molecule has 0 radical (unpaired) electrons. The summed E-state index contributed by atoms with van der Waals surface area (Å²) in [5.41, 5.74) is 0. The first-order chi connectivity index (χ1) is 6.77. The van der Waals surface area contributed by atoms with Crippen LogP contribution in [0.15, 0.2) is 0 Å². The van der Waals surface area contributed by atoms with Crippen molar-refractivity contribution in [2.24, 2.45) is 0 Å². The summed E-state index contributed by atoms with van der Waals surface area (Å²) in [5, 5.41) is 14.0. The lowest BCUT2D eigenvalue weighted by Crippen LogP contribution is -2.26. The van der Waals surface area contributed by atoms with Crippen LogP contribution in [0.25, 0.3) is 0 Å². The summed E-state index contributed by atoms with van der Waals surface area (Å²) in [6.07, 6.45) is 2.39. The fraction of sp³-hybridized carbons (Fsp3) is 0.778. The predicted molar refractivity (Wildman–Crippen MR) is 59.1 cm³/mol. The van der Waals surface area contributed by atoms with E-state index in [4.69, 9.17) is 0 Å². The van der Waals surface area contributed by atoms with Gasteiger partial charge in [-0.15, -0.1) is 10.2 Å². The third kappa shape index (κ3) is 2.04. The minimum absolute atomic E-state index is 0.627. The molecule has 1 saturated heterocycles. The summed E-state index contributed by atoms with van der Waals surface area (Å²) in [6.45, 7) is 2.23. The van der Waals surface area contributed by atoms with Gasteiger partial charge in [0.05, 0.1) is 0 Å². The Bertz CT molecular complexity index is 291. The van der Waals surface area contributed by atoms with Crippen LogP contribution in [0, 0.1) is 0 Å². The smallest absolute Gasteiger partial charge is 0.207 e. The van der Waals surface area contributed by atoms with Crippen LogP contribution in [-0.2, 0) is 0 Å². The molecule has 1 aliphatic rings. The van der Waals surface area contributed by atoms with E-state index in [1.54, 1.807) is 11.3 Å². The number of hydrogen-bond acceptors (Lipinski definition) is 5. The molecule has 78 valence electrons. The maximum absolute atomic E-state index is 4.26. The van der Waals surface area contributed by atoms with Gasteiger partial charge in [0.1, 0.15) is 5.01 Å². The lowest BCUT2D eigenvalue weighted by molar-refractivity contribution is 0.457. The maximum atomic E-state index is 4.26. The second-order valence-corrected chi connectivity index (χ2v) is 4.83. The molecule has 2 rings (SSSR count). The molecule has 0 bridgehead atoms. The van der Waals surface area contributed by atoms with Gasteiger partial charge >= 0.3 is 0 Å². The molecule has 0 aliphatic carbocycles. The van der Waals surface area contributed by atoms with E-state index in [2.05, 4.69) is 15.5 Å². The van der Waals surface area contributed by atoms with Crippen molar-refractivity contribution < 1.29 is 0 Å². The number of rotatable bonds is 2. The van der Waals surface area contributed by atoms with Crippen molar-refractivity contribution in [3.8, 4) is 0 Å². The highest BCUT2D eigenvalue weighted by Crippen LogP contribution is 2.30. The number of piperidine rings is 1. The minimum atomic E-state index is 0.627. The van der Waals surface area contributed by atoms with E-state index in [9.17, 15) is 0 Å². The van der Waals surface area contributed by atoms with Crippen molar-refractivity contribution >= 4 is 16.5 Å². The lowest BCUT2D eigenvalue weighted by atomic mass is 9.99. The molecule has 0 unspecified atom stereocenters. The number of anilines is 1. The van der Waals surface area contributed by atoms with Gasteiger partial charge in [0, 0.05) is 20.0 Å². The summed E-state index contributed by atoms with van der Waals surface area (Å²) in [7, 11) is 4.01. The van der Waals surface area contributed by atoms with Gasteiger partial charge in [0.15, 0.2) is 0 Å². The summed E-state index contributed by atoms with van der Waals surface area (Å²) in [6, 6.07) is 0. The Hall–Kier alpha value is -0.680. The molecule has 1 aromatic heterocycles. The van der Waals surface area contributed by atoms with Crippen LogP contribution in [0.3, 0.4) is 0 Å². The van der Waals surface area contributed by atoms with Crippen LogP contribution in [0.2, 0.25) is 0 Å². The van der Waals surface area contributed by atoms with Crippen molar-refractivity contribution in [3.05, 3.63) is 5.01 Å². The molecule has 0 saturated carbocycles. The van der Waals surface area contributed by atoms with E-state index in [1.165, 1.54) is 17.8 Å². The average molecular weight is 212 g/mol. The Morgan fingerprint density at radius 3 is 2.57 bits per heavy atom. The van der Waals surface area contributed by atoms with Crippen molar-refractivity contribution in [2.75, 3.05) is 32.1 Å². The first-order valence-electron chi connectivity index (χ1n) is 4.99. The predicted octanol–water partition coefficient (Wildman–Crippen LogP) is 1.07. The Morgan fingerprint density at radius 2 is 2.00 bits per heavy atom. The third-order valence-electron chi connectivity index (χ3n) is 2.50. The van der Waals surface area contributed by atoms with Crippen molar-refractivity contribution in [3.63, 3.8) is 0 Å². The molecule has 0 aromatic carbocycles. The molecule has 0 amide bonds. The first-order valence-corrected chi connectivity index (χ1v) is 5.80. The topological polar surface area (TPSA) is 41.1 Å². The summed E-state index contributed by atoms with van der Waals surface area (Å²) in [4.78, 5) is 2.02. The van der Waals surface area contributed by atoms with E-state index in [0.29, 0.717) is 5.92 Å². The van der Waals surface area contributed by atoms with Crippen molar-refractivity contribution in [1.82, 2.24) is 15.5 Å². The molecule has 1 aromatic rings. The minimum Gasteiger partial charge on any atom is -0.353 e. The van der Waals surface area contributed by atoms with Crippen LogP contribution in [0.1, 0.15) is 23.8 Å². The first kappa shape index (κ1) is 9.86. The van der Waals surface area contributed by atoms with Gasteiger partial charge in [-0.1, -0.05) is 11.3 Å². The molecule has 1 aliphatic heterocycles. The summed E-state index contributed by atoms with van der Waals surface area (Å²) in [5.74, 6) is 0.627. The van der Waals surface area contributed by atoms with E-state index in [-0.39, 0.29) is 0 Å². The highest BCUT2D eigenvalue weighted by molar-refractivity contribution is 7.15. The zero-order valence-electron chi connectivity index (χ0n) is 8.66. The Balaban J connectivity index is 2.07. The fourth-order valence-electron chi connectivity index (χ4n) is 1.64. The molecular formula is C9H16N4S. The number of nitrogens with one attached hydrogen (secondary N) is 1. The second kappa shape index (κ2) is 4.23. The number of nitrogens with zero attached hydrogens (tertiary/aromatic N) is 3. The SMILES string of the molecule is CN(C)c1nnc(C2CCNCC2)s1. The van der Waals surface area contributed by atoms with Gasteiger partial charge in [-0.2, -0.15) is 0 Å². The van der Waals surface area contributed by atoms with Gasteiger partial charge in [-0.05, 0) is 25.9 Å². The molecule has 1 N–H and O–H groups in total. The van der Waals surface area contributed by atoms with Crippen LogP contribution >= 0.6 is 11.3 Å². The number of aromatic nitrogens is 2. The normalized spacial score (nSPS) is 18.4. The molecule has 0 spiro atoms. The van der Waals surface area contributed by atoms with E-state index in [0.717, 1.165) is 18.2 Å². The van der Waals surface area contributed by atoms with Gasteiger partial charge < -0.3 is 10.2 Å². The Labute approximate surface area is 88.3 Å². The Kier molecular flexibility index (Phi) is 2.98. The highest BCUT2D eigenvalue weighted by atomic mass is 32.1. The number of hydrogen-bond donors (Lipinski definition) is 1. The molecule has 2 heterocycles. The van der Waals surface area contributed by atoms with Gasteiger partial charge in [0.25, 0.3) is 0 Å². The standard InChI is InChI=1S/C9H16N4S/c1-13(2)9-12-11-8(14-9)7-3-5-10-6-4-7/h7,10H,3-6H2,1-2H3. The van der Waals surface area contributed by atoms with Crippen LogP contribution < -0.4 is 10.2 Å². The zero-order chi connectivity index (χ0) is 9.97. The molecule has 0 atom stereocenters. The van der Waals surface area contributed by atoms with Crippen LogP contribution in [-0.4, -0.2) is 37.4 Å². The third-order valence-corrected chi connectivity index (χ3v) is 3.75. The van der Waals surface area contributed by atoms with E-state index >= 15 is 0 Å². The molecular weight excluding hydrogens is 196 g/mol. The highest BCUT2D eigenvalue weighted by Gasteiger charge is 2.19.